The maximum absolute atomic E-state index is 9.51. The summed E-state index contributed by atoms with van der Waals surface area (Å²) < 4.78 is 0. The Labute approximate surface area is 155 Å². The van der Waals surface area contributed by atoms with Crippen LogP contribution in [0.5, 0.6) is 0 Å². The molecule has 0 aliphatic carbocycles. The van der Waals surface area contributed by atoms with Gasteiger partial charge in [-0.1, -0.05) is 42.5 Å². The van der Waals surface area contributed by atoms with Crippen LogP contribution in [-0.2, 0) is 19.7 Å². The van der Waals surface area contributed by atoms with Gasteiger partial charge in [-0.25, -0.2) is 0 Å². The Balaban J connectivity index is 1.37. The van der Waals surface area contributed by atoms with Gasteiger partial charge in [0, 0.05) is 55.9 Å². The quantitative estimate of drug-likeness (QED) is 0.743. The number of nitrogens with one attached hydrogen (secondary N) is 1. The van der Waals surface area contributed by atoms with Gasteiger partial charge in [0.15, 0.2) is 0 Å². The van der Waals surface area contributed by atoms with Crippen LogP contribution in [0, 0.1) is 6.92 Å². The predicted octanol–water partition coefficient (Wildman–Crippen LogP) is 3.29. The molecular formula is C22H27N3O. The number of aromatic nitrogens is 1. The van der Waals surface area contributed by atoms with Gasteiger partial charge >= 0.3 is 0 Å². The van der Waals surface area contributed by atoms with E-state index in [4.69, 9.17) is 0 Å². The molecule has 0 saturated carbocycles. The summed E-state index contributed by atoms with van der Waals surface area (Å²) in [5.41, 5.74) is 6.24. The molecule has 0 spiro atoms. The number of hydrogen-bond donors (Lipinski definition) is 2. The summed E-state index contributed by atoms with van der Waals surface area (Å²) in [7, 11) is 0. The summed E-state index contributed by atoms with van der Waals surface area (Å²) in [6.45, 7) is 8.55. The fraction of sp³-hybridized carbons (Fsp3) is 0.364. The highest BCUT2D eigenvalue weighted by molar-refractivity contribution is 5.84. The van der Waals surface area contributed by atoms with Gasteiger partial charge in [-0.15, -0.1) is 0 Å². The lowest BCUT2D eigenvalue weighted by atomic mass is 10.1. The number of nitrogens with zero attached hydrogens (tertiary/aromatic N) is 2. The van der Waals surface area contributed by atoms with Gasteiger partial charge in [0.2, 0.25) is 0 Å². The van der Waals surface area contributed by atoms with E-state index in [1.165, 1.54) is 27.7 Å². The normalized spacial score (nSPS) is 16.4. The summed E-state index contributed by atoms with van der Waals surface area (Å²) in [5, 5.41) is 10.8. The number of hydrogen-bond acceptors (Lipinski definition) is 3. The molecule has 0 amide bonds. The van der Waals surface area contributed by atoms with Crippen LogP contribution in [0.3, 0.4) is 0 Å². The first-order chi connectivity index (χ1) is 12.7. The highest BCUT2D eigenvalue weighted by Crippen LogP contribution is 2.23. The van der Waals surface area contributed by atoms with Crippen molar-refractivity contribution in [1.82, 2.24) is 14.8 Å². The van der Waals surface area contributed by atoms with E-state index in [0.717, 1.165) is 44.8 Å². The molecule has 136 valence electrons. The molecule has 2 heterocycles. The van der Waals surface area contributed by atoms with Crippen molar-refractivity contribution in [2.45, 2.75) is 26.6 Å². The van der Waals surface area contributed by atoms with Crippen LogP contribution < -0.4 is 0 Å². The van der Waals surface area contributed by atoms with Crippen molar-refractivity contribution in [2.24, 2.45) is 0 Å². The second kappa shape index (κ2) is 7.62. The zero-order valence-corrected chi connectivity index (χ0v) is 15.4. The Morgan fingerprint density at radius 1 is 0.846 bits per heavy atom. The molecule has 4 nitrogen and oxygen atoms in total. The molecule has 2 aromatic carbocycles. The minimum atomic E-state index is 0.121. The monoisotopic (exact) mass is 349 g/mol. The maximum Gasteiger partial charge on any atom is 0.0685 e. The average molecular weight is 349 g/mol. The molecule has 1 aliphatic rings. The van der Waals surface area contributed by atoms with Crippen molar-refractivity contribution in [3.63, 3.8) is 0 Å². The van der Waals surface area contributed by atoms with Crippen molar-refractivity contribution in [1.29, 1.82) is 0 Å². The molecule has 1 aliphatic heterocycles. The summed E-state index contributed by atoms with van der Waals surface area (Å²) >= 11 is 0. The molecule has 1 saturated heterocycles. The first kappa shape index (κ1) is 17.3. The van der Waals surface area contributed by atoms with Gasteiger partial charge in [0.1, 0.15) is 0 Å². The third-order valence-electron chi connectivity index (χ3n) is 5.60. The van der Waals surface area contributed by atoms with Crippen molar-refractivity contribution in [3.8, 4) is 0 Å². The fourth-order valence-corrected chi connectivity index (χ4v) is 3.93. The van der Waals surface area contributed by atoms with Gasteiger partial charge in [0.25, 0.3) is 0 Å². The van der Waals surface area contributed by atoms with Gasteiger partial charge in [-0.05, 0) is 29.7 Å². The molecule has 0 bridgehead atoms. The van der Waals surface area contributed by atoms with E-state index < -0.39 is 0 Å². The summed E-state index contributed by atoms with van der Waals surface area (Å²) in [4.78, 5) is 8.62. The third kappa shape index (κ3) is 3.54. The van der Waals surface area contributed by atoms with Crippen LogP contribution >= 0.6 is 0 Å². The number of fused-ring (bicyclic) bond motifs is 1. The lowest BCUT2D eigenvalue weighted by molar-refractivity contribution is 0.120. The van der Waals surface area contributed by atoms with E-state index in [1.54, 1.807) is 0 Å². The number of aliphatic hydroxyl groups excluding tert-OH is 1. The predicted molar refractivity (Wildman–Crippen MR) is 106 cm³/mol. The molecule has 0 atom stereocenters. The Morgan fingerprint density at radius 2 is 1.46 bits per heavy atom. The summed E-state index contributed by atoms with van der Waals surface area (Å²) in [5.74, 6) is 0. The molecule has 26 heavy (non-hydrogen) atoms. The van der Waals surface area contributed by atoms with Crippen LogP contribution in [0.4, 0.5) is 0 Å². The Morgan fingerprint density at radius 3 is 2.15 bits per heavy atom. The smallest absolute Gasteiger partial charge is 0.0685 e. The number of benzene rings is 2. The third-order valence-corrected chi connectivity index (χ3v) is 5.60. The molecule has 0 unspecified atom stereocenters. The van der Waals surface area contributed by atoms with Crippen LogP contribution in [0.25, 0.3) is 10.9 Å². The first-order valence-electron chi connectivity index (χ1n) is 9.43. The van der Waals surface area contributed by atoms with Gasteiger partial charge in [0.05, 0.1) is 6.61 Å². The molecule has 1 aromatic heterocycles. The standard InChI is InChI=1S/C22H27N3O/c1-17-20-8-4-5-9-21(20)23-22(17)15-25-12-10-24(11-13-25)14-18-6-2-3-7-19(18)16-26/h2-9,23,26H,10-16H2,1H3. The maximum atomic E-state index is 9.51. The Bertz CT molecular complexity index is 878. The SMILES string of the molecule is Cc1c(CN2CCN(Cc3ccccc3CO)CC2)[nH]c2ccccc12. The average Bonchev–Trinajstić information content (AvgIpc) is 3.00. The van der Waals surface area contributed by atoms with E-state index in [9.17, 15) is 5.11 Å². The van der Waals surface area contributed by atoms with Crippen molar-refractivity contribution in [2.75, 3.05) is 26.2 Å². The summed E-state index contributed by atoms with van der Waals surface area (Å²) in [6.07, 6.45) is 0. The second-order valence-corrected chi connectivity index (χ2v) is 7.25. The minimum Gasteiger partial charge on any atom is -0.392 e. The van der Waals surface area contributed by atoms with Crippen LogP contribution in [0.2, 0.25) is 0 Å². The van der Waals surface area contributed by atoms with Crippen molar-refractivity contribution in [3.05, 3.63) is 70.9 Å². The fourth-order valence-electron chi connectivity index (χ4n) is 3.93. The number of rotatable bonds is 5. The van der Waals surface area contributed by atoms with E-state index in [-0.39, 0.29) is 6.61 Å². The molecule has 4 rings (SSSR count). The lowest BCUT2D eigenvalue weighted by Crippen LogP contribution is -2.45. The molecule has 0 radical (unpaired) electrons. The Hall–Kier alpha value is -2.14. The highest BCUT2D eigenvalue weighted by atomic mass is 16.3. The van der Waals surface area contributed by atoms with Crippen molar-refractivity contribution >= 4 is 10.9 Å². The largest absolute Gasteiger partial charge is 0.392 e. The van der Waals surface area contributed by atoms with Crippen LogP contribution in [0.15, 0.2) is 48.5 Å². The van der Waals surface area contributed by atoms with Gasteiger partial charge < -0.3 is 10.1 Å². The number of aromatic amines is 1. The van der Waals surface area contributed by atoms with Crippen molar-refractivity contribution < 1.29 is 5.11 Å². The number of H-pyrrole nitrogens is 1. The molecule has 2 N–H and O–H groups in total. The number of aryl methyl sites for hydroxylation is 1. The van der Waals surface area contributed by atoms with Crippen LogP contribution in [0.1, 0.15) is 22.4 Å². The lowest BCUT2D eigenvalue weighted by Gasteiger charge is -2.35. The second-order valence-electron chi connectivity index (χ2n) is 7.25. The van der Waals surface area contributed by atoms with E-state index >= 15 is 0 Å². The van der Waals surface area contributed by atoms with Crippen LogP contribution in [-0.4, -0.2) is 46.1 Å². The molecule has 4 heteroatoms. The molecular weight excluding hydrogens is 322 g/mol. The van der Waals surface area contributed by atoms with E-state index in [0.29, 0.717) is 0 Å². The topological polar surface area (TPSA) is 42.5 Å². The van der Waals surface area contributed by atoms with Gasteiger partial charge in [-0.2, -0.15) is 0 Å². The molecule has 1 fully saturated rings. The zero-order valence-electron chi connectivity index (χ0n) is 15.4. The number of para-hydroxylation sites is 1. The Kier molecular flexibility index (Phi) is 5.07. The first-order valence-corrected chi connectivity index (χ1v) is 9.43. The number of piperazine rings is 1. The zero-order chi connectivity index (χ0) is 17.9. The highest BCUT2D eigenvalue weighted by Gasteiger charge is 2.19. The van der Waals surface area contributed by atoms with E-state index in [1.807, 2.05) is 12.1 Å². The number of aliphatic hydroxyl groups is 1. The van der Waals surface area contributed by atoms with E-state index in [2.05, 4.69) is 58.1 Å². The van der Waals surface area contributed by atoms with Gasteiger partial charge in [-0.3, -0.25) is 9.80 Å². The minimum absolute atomic E-state index is 0.121. The summed E-state index contributed by atoms with van der Waals surface area (Å²) in [6, 6.07) is 16.7. The molecule has 3 aromatic rings.